The van der Waals surface area contributed by atoms with Crippen LogP contribution in [-0.2, 0) is 0 Å². The third kappa shape index (κ3) is 3.96. The summed E-state index contributed by atoms with van der Waals surface area (Å²) in [7, 11) is 0. The van der Waals surface area contributed by atoms with E-state index in [0.717, 1.165) is 5.56 Å². The predicted octanol–water partition coefficient (Wildman–Crippen LogP) is 2.05. The molecule has 2 amide bonds. The number of hydrogen-bond donors (Lipinski definition) is 3. The normalized spacial score (nSPS) is 9.76. The summed E-state index contributed by atoms with van der Waals surface area (Å²) >= 11 is 5.43. The molecule has 0 unspecified atom stereocenters. The number of urea groups is 1. The molecule has 0 fully saturated rings. The SMILES string of the molecule is Cc1ccc(C(=O)O)cc1NC(=O)NCCCl. The number of alkyl halides is 1. The maximum absolute atomic E-state index is 11.4. The van der Waals surface area contributed by atoms with Gasteiger partial charge in [0.15, 0.2) is 0 Å². The molecule has 0 heterocycles. The molecule has 92 valence electrons. The molecule has 6 heteroatoms. The number of aromatic carboxylic acids is 1. The number of nitrogens with one attached hydrogen (secondary N) is 2. The fourth-order valence-corrected chi connectivity index (χ4v) is 1.31. The van der Waals surface area contributed by atoms with Gasteiger partial charge in [0.05, 0.1) is 5.56 Å². The van der Waals surface area contributed by atoms with Crippen molar-refractivity contribution in [2.24, 2.45) is 0 Å². The third-order valence-corrected chi connectivity index (χ3v) is 2.30. The highest BCUT2D eigenvalue weighted by Crippen LogP contribution is 2.16. The second-order valence-corrected chi connectivity index (χ2v) is 3.78. The number of benzene rings is 1. The zero-order chi connectivity index (χ0) is 12.8. The molecule has 0 atom stereocenters. The summed E-state index contributed by atoms with van der Waals surface area (Å²) in [6, 6.07) is 4.13. The maximum atomic E-state index is 11.4. The lowest BCUT2D eigenvalue weighted by molar-refractivity contribution is 0.0697. The van der Waals surface area contributed by atoms with Gasteiger partial charge in [-0.2, -0.15) is 0 Å². The van der Waals surface area contributed by atoms with Crippen molar-refractivity contribution in [3.63, 3.8) is 0 Å². The first-order valence-corrected chi connectivity index (χ1v) is 5.53. The Bertz CT molecular complexity index is 435. The highest BCUT2D eigenvalue weighted by molar-refractivity contribution is 6.18. The van der Waals surface area contributed by atoms with E-state index in [1.54, 1.807) is 13.0 Å². The van der Waals surface area contributed by atoms with Gasteiger partial charge in [-0.05, 0) is 24.6 Å². The van der Waals surface area contributed by atoms with Crippen LogP contribution in [0.1, 0.15) is 15.9 Å². The number of carbonyl (C=O) groups is 2. The molecule has 1 rings (SSSR count). The van der Waals surface area contributed by atoms with Crippen LogP contribution in [-0.4, -0.2) is 29.5 Å². The van der Waals surface area contributed by atoms with Gasteiger partial charge < -0.3 is 15.7 Å². The van der Waals surface area contributed by atoms with E-state index in [9.17, 15) is 9.59 Å². The highest BCUT2D eigenvalue weighted by Gasteiger charge is 2.08. The topological polar surface area (TPSA) is 78.4 Å². The van der Waals surface area contributed by atoms with Crippen LogP contribution in [0.2, 0.25) is 0 Å². The third-order valence-electron chi connectivity index (χ3n) is 2.11. The number of anilines is 1. The Balaban J connectivity index is 2.79. The van der Waals surface area contributed by atoms with Crippen LogP contribution in [0.25, 0.3) is 0 Å². The largest absolute Gasteiger partial charge is 0.478 e. The van der Waals surface area contributed by atoms with Gasteiger partial charge in [-0.1, -0.05) is 6.07 Å². The molecule has 1 aromatic carbocycles. The summed E-state index contributed by atoms with van der Waals surface area (Å²) in [6.07, 6.45) is 0. The van der Waals surface area contributed by atoms with Crippen LogP contribution in [0.4, 0.5) is 10.5 Å². The van der Waals surface area contributed by atoms with E-state index in [2.05, 4.69) is 10.6 Å². The van der Waals surface area contributed by atoms with Gasteiger partial charge >= 0.3 is 12.0 Å². The lowest BCUT2D eigenvalue weighted by Crippen LogP contribution is -2.30. The van der Waals surface area contributed by atoms with Crippen molar-refractivity contribution in [2.75, 3.05) is 17.7 Å². The number of rotatable bonds is 4. The fourth-order valence-electron chi connectivity index (χ4n) is 1.22. The van der Waals surface area contributed by atoms with E-state index >= 15 is 0 Å². The first-order valence-electron chi connectivity index (χ1n) is 4.99. The van der Waals surface area contributed by atoms with Crippen molar-refractivity contribution >= 4 is 29.3 Å². The van der Waals surface area contributed by atoms with Gasteiger partial charge in [0.1, 0.15) is 0 Å². The van der Waals surface area contributed by atoms with Crippen LogP contribution >= 0.6 is 11.6 Å². The minimum atomic E-state index is -1.03. The molecule has 0 radical (unpaired) electrons. The van der Waals surface area contributed by atoms with E-state index in [1.165, 1.54) is 12.1 Å². The first kappa shape index (κ1) is 13.3. The minimum Gasteiger partial charge on any atom is -0.478 e. The van der Waals surface area contributed by atoms with Crippen molar-refractivity contribution in [3.8, 4) is 0 Å². The Morgan fingerprint density at radius 2 is 2.12 bits per heavy atom. The van der Waals surface area contributed by atoms with Crippen LogP contribution in [0.3, 0.4) is 0 Å². The molecule has 0 aliphatic carbocycles. The Hall–Kier alpha value is -1.75. The maximum Gasteiger partial charge on any atom is 0.335 e. The van der Waals surface area contributed by atoms with Crippen molar-refractivity contribution in [2.45, 2.75) is 6.92 Å². The second-order valence-electron chi connectivity index (χ2n) is 3.40. The molecular weight excluding hydrogens is 244 g/mol. The average molecular weight is 257 g/mol. The van der Waals surface area contributed by atoms with Gasteiger partial charge in [0, 0.05) is 18.1 Å². The Morgan fingerprint density at radius 3 is 2.71 bits per heavy atom. The van der Waals surface area contributed by atoms with Gasteiger partial charge in [-0.3, -0.25) is 0 Å². The Labute approximate surface area is 104 Å². The van der Waals surface area contributed by atoms with E-state index < -0.39 is 12.0 Å². The van der Waals surface area contributed by atoms with Crippen molar-refractivity contribution in [1.29, 1.82) is 0 Å². The molecule has 0 saturated heterocycles. The number of carbonyl (C=O) groups excluding carboxylic acids is 1. The Kier molecular flexibility index (Phi) is 4.78. The zero-order valence-electron chi connectivity index (χ0n) is 9.29. The summed E-state index contributed by atoms with van der Waals surface area (Å²) in [5.74, 6) is -0.712. The van der Waals surface area contributed by atoms with Gasteiger partial charge in [-0.15, -0.1) is 11.6 Å². The number of hydrogen-bond acceptors (Lipinski definition) is 2. The quantitative estimate of drug-likeness (QED) is 0.722. The molecule has 0 aromatic heterocycles. The van der Waals surface area contributed by atoms with Crippen LogP contribution in [0.5, 0.6) is 0 Å². The molecule has 0 aliphatic rings. The van der Waals surface area contributed by atoms with Crippen LogP contribution < -0.4 is 10.6 Å². The fraction of sp³-hybridized carbons (Fsp3) is 0.273. The second kappa shape index (κ2) is 6.10. The number of amides is 2. The summed E-state index contributed by atoms with van der Waals surface area (Å²) in [4.78, 5) is 22.2. The smallest absolute Gasteiger partial charge is 0.335 e. The lowest BCUT2D eigenvalue weighted by Gasteiger charge is -2.09. The molecule has 0 aliphatic heterocycles. The standard InChI is InChI=1S/C11H13ClN2O3/c1-7-2-3-8(10(15)16)6-9(7)14-11(17)13-5-4-12/h2-3,6H,4-5H2,1H3,(H,15,16)(H2,13,14,17). The van der Waals surface area contributed by atoms with Crippen molar-refractivity contribution < 1.29 is 14.7 Å². The number of halogens is 1. The molecule has 5 nitrogen and oxygen atoms in total. The summed E-state index contributed by atoms with van der Waals surface area (Å²) < 4.78 is 0. The van der Waals surface area contributed by atoms with Crippen molar-refractivity contribution in [3.05, 3.63) is 29.3 Å². The average Bonchev–Trinajstić information content (AvgIpc) is 2.29. The summed E-state index contributed by atoms with van der Waals surface area (Å²) in [5, 5.41) is 13.9. The van der Waals surface area contributed by atoms with Crippen LogP contribution in [0, 0.1) is 6.92 Å². The predicted molar refractivity (Wildman–Crippen MR) is 65.9 cm³/mol. The van der Waals surface area contributed by atoms with E-state index in [4.69, 9.17) is 16.7 Å². The molecule has 0 spiro atoms. The summed E-state index contributed by atoms with van der Waals surface area (Å²) in [5.41, 5.74) is 1.39. The van der Waals surface area contributed by atoms with E-state index in [-0.39, 0.29) is 5.56 Å². The highest BCUT2D eigenvalue weighted by atomic mass is 35.5. The molecule has 0 bridgehead atoms. The minimum absolute atomic E-state index is 0.128. The molecule has 0 saturated carbocycles. The monoisotopic (exact) mass is 256 g/mol. The molecular formula is C11H13ClN2O3. The number of carboxylic acids is 1. The lowest BCUT2D eigenvalue weighted by atomic mass is 10.1. The van der Waals surface area contributed by atoms with E-state index in [1.807, 2.05) is 0 Å². The number of aryl methyl sites for hydroxylation is 1. The van der Waals surface area contributed by atoms with Gasteiger partial charge in [0.2, 0.25) is 0 Å². The number of carboxylic acid groups (broad SMARTS) is 1. The van der Waals surface area contributed by atoms with Crippen LogP contribution in [0.15, 0.2) is 18.2 Å². The van der Waals surface area contributed by atoms with E-state index in [0.29, 0.717) is 18.1 Å². The first-order chi connectivity index (χ1) is 8.04. The molecule has 17 heavy (non-hydrogen) atoms. The van der Waals surface area contributed by atoms with Gasteiger partial charge in [-0.25, -0.2) is 9.59 Å². The Morgan fingerprint density at radius 1 is 1.41 bits per heavy atom. The molecule has 3 N–H and O–H groups in total. The van der Waals surface area contributed by atoms with Crippen molar-refractivity contribution in [1.82, 2.24) is 5.32 Å². The molecule has 1 aromatic rings. The van der Waals surface area contributed by atoms with Gasteiger partial charge in [0.25, 0.3) is 0 Å². The summed E-state index contributed by atoms with van der Waals surface area (Å²) in [6.45, 7) is 2.13. The zero-order valence-corrected chi connectivity index (χ0v) is 10.0.